The number of H-pyrrole nitrogens is 1. The van der Waals surface area contributed by atoms with Crippen molar-refractivity contribution < 1.29 is 4.74 Å². The number of nitrogens with one attached hydrogen (secondary N) is 2. The number of nitrogens with two attached hydrogens (primary N) is 1. The molecule has 0 saturated heterocycles. The maximum atomic E-state index is 5.90. The summed E-state index contributed by atoms with van der Waals surface area (Å²) < 4.78 is 5.60. The van der Waals surface area contributed by atoms with E-state index in [2.05, 4.69) is 20.5 Å². The van der Waals surface area contributed by atoms with Crippen molar-refractivity contribution in [1.82, 2.24) is 10.2 Å². The number of ether oxygens (including phenoxy) is 1. The van der Waals surface area contributed by atoms with Crippen molar-refractivity contribution in [2.24, 2.45) is 10.7 Å². The molecule has 0 unspecified atom stereocenters. The molecule has 6 heteroatoms. The van der Waals surface area contributed by atoms with Crippen molar-refractivity contribution in [3.05, 3.63) is 41.7 Å². The second-order valence-corrected chi connectivity index (χ2v) is 5.71. The minimum absolute atomic E-state index is 0.166. The van der Waals surface area contributed by atoms with E-state index in [-0.39, 0.29) is 6.10 Å². The third kappa shape index (κ3) is 5.65. The summed E-state index contributed by atoms with van der Waals surface area (Å²) in [6.07, 6.45) is 3.91. The number of rotatable bonds is 7. The van der Waals surface area contributed by atoms with Crippen LogP contribution in [0.25, 0.3) is 0 Å². The fourth-order valence-electron chi connectivity index (χ4n) is 2.17. The zero-order chi connectivity index (χ0) is 16.7. The summed E-state index contributed by atoms with van der Waals surface area (Å²) in [5.41, 5.74) is 9.14. The highest BCUT2D eigenvalue weighted by molar-refractivity contribution is 5.92. The molecule has 0 fully saturated rings. The van der Waals surface area contributed by atoms with E-state index in [0.29, 0.717) is 12.5 Å². The van der Waals surface area contributed by atoms with Crippen LogP contribution in [0.2, 0.25) is 0 Å². The quantitative estimate of drug-likeness (QED) is 0.416. The first-order valence-electron chi connectivity index (χ1n) is 7.87. The van der Waals surface area contributed by atoms with Gasteiger partial charge in [0.25, 0.3) is 0 Å². The van der Waals surface area contributed by atoms with Crippen molar-refractivity contribution in [2.45, 2.75) is 39.7 Å². The molecule has 2 rings (SSSR count). The van der Waals surface area contributed by atoms with E-state index in [1.54, 1.807) is 0 Å². The van der Waals surface area contributed by atoms with Crippen molar-refractivity contribution in [1.29, 1.82) is 0 Å². The van der Waals surface area contributed by atoms with Gasteiger partial charge < -0.3 is 15.8 Å². The second-order valence-electron chi connectivity index (χ2n) is 5.71. The summed E-state index contributed by atoms with van der Waals surface area (Å²) in [7, 11) is 0. The van der Waals surface area contributed by atoms with Crippen LogP contribution in [0, 0.1) is 6.92 Å². The Hall–Kier alpha value is -2.50. The van der Waals surface area contributed by atoms with Crippen LogP contribution in [0.4, 0.5) is 5.69 Å². The van der Waals surface area contributed by atoms with Gasteiger partial charge in [-0.2, -0.15) is 5.10 Å². The fraction of sp³-hybridized carbons (Fsp3) is 0.412. The van der Waals surface area contributed by atoms with Gasteiger partial charge in [-0.05, 0) is 63.4 Å². The third-order valence-electron chi connectivity index (χ3n) is 3.32. The highest BCUT2D eigenvalue weighted by atomic mass is 16.5. The van der Waals surface area contributed by atoms with Crippen LogP contribution < -0.4 is 15.8 Å². The first kappa shape index (κ1) is 16.9. The molecule has 0 amide bonds. The molecule has 0 bridgehead atoms. The molecule has 0 atom stereocenters. The van der Waals surface area contributed by atoms with E-state index in [1.807, 2.05) is 51.2 Å². The number of hydrogen-bond donors (Lipinski definition) is 3. The standard InChI is InChI=1S/C17H25N5O/c1-12(2)23-16-8-6-15(7-9-16)21-17(18)19-10-4-5-14-11-20-22-13(14)3/h6-9,11-12H,4-5,10H2,1-3H3,(H,20,22)(H3,18,19,21). The zero-order valence-electron chi connectivity index (χ0n) is 14.0. The number of aryl methyl sites for hydroxylation is 2. The maximum absolute atomic E-state index is 5.90. The lowest BCUT2D eigenvalue weighted by Gasteiger charge is -2.10. The molecule has 0 aliphatic carbocycles. The normalized spacial score (nSPS) is 11.7. The molecule has 0 aliphatic heterocycles. The largest absolute Gasteiger partial charge is 0.491 e. The topological polar surface area (TPSA) is 88.3 Å². The Morgan fingerprint density at radius 3 is 2.70 bits per heavy atom. The Kier molecular flexibility index (Phi) is 6.02. The molecule has 1 aromatic carbocycles. The molecule has 124 valence electrons. The molecule has 2 aromatic rings. The summed E-state index contributed by atoms with van der Waals surface area (Å²) in [5.74, 6) is 1.27. The molecule has 1 heterocycles. The van der Waals surface area contributed by atoms with Gasteiger partial charge in [-0.25, -0.2) is 0 Å². The van der Waals surface area contributed by atoms with Gasteiger partial charge in [0.2, 0.25) is 0 Å². The number of anilines is 1. The third-order valence-corrected chi connectivity index (χ3v) is 3.32. The van der Waals surface area contributed by atoms with Crippen molar-refractivity contribution >= 4 is 11.6 Å². The molecule has 0 saturated carbocycles. The number of aromatic nitrogens is 2. The van der Waals surface area contributed by atoms with Gasteiger partial charge in [0.1, 0.15) is 5.75 Å². The van der Waals surface area contributed by atoms with Gasteiger partial charge in [-0.3, -0.25) is 10.1 Å². The smallest absolute Gasteiger partial charge is 0.193 e. The van der Waals surface area contributed by atoms with Crippen LogP contribution in [0.5, 0.6) is 5.75 Å². The Balaban J connectivity index is 1.77. The minimum atomic E-state index is 0.166. The van der Waals surface area contributed by atoms with E-state index in [0.717, 1.165) is 30.0 Å². The lowest BCUT2D eigenvalue weighted by atomic mass is 10.1. The SMILES string of the molecule is Cc1[nH]ncc1CCCN=C(N)Nc1ccc(OC(C)C)cc1. The van der Waals surface area contributed by atoms with Crippen molar-refractivity contribution in [3.63, 3.8) is 0 Å². The number of hydrogen-bond acceptors (Lipinski definition) is 3. The summed E-state index contributed by atoms with van der Waals surface area (Å²) in [4.78, 5) is 4.34. The summed E-state index contributed by atoms with van der Waals surface area (Å²) in [6.45, 7) is 6.70. The van der Waals surface area contributed by atoms with Crippen LogP contribution in [-0.4, -0.2) is 28.8 Å². The average molecular weight is 315 g/mol. The Morgan fingerprint density at radius 1 is 1.35 bits per heavy atom. The maximum Gasteiger partial charge on any atom is 0.193 e. The number of nitrogens with zero attached hydrogens (tertiary/aromatic N) is 2. The second kappa shape index (κ2) is 8.22. The van der Waals surface area contributed by atoms with Gasteiger partial charge in [-0.1, -0.05) is 0 Å². The minimum Gasteiger partial charge on any atom is -0.491 e. The van der Waals surface area contributed by atoms with E-state index >= 15 is 0 Å². The van der Waals surface area contributed by atoms with Gasteiger partial charge in [0, 0.05) is 17.9 Å². The predicted octanol–water partition coefficient (Wildman–Crippen LogP) is 2.86. The number of aliphatic imine (C=N–C) groups is 1. The monoisotopic (exact) mass is 315 g/mol. The van der Waals surface area contributed by atoms with Crippen molar-refractivity contribution in [3.8, 4) is 5.75 Å². The summed E-state index contributed by atoms with van der Waals surface area (Å²) in [5, 5.41) is 10.0. The Labute approximate surface area is 137 Å². The highest BCUT2D eigenvalue weighted by Gasteiger charge is 2.01. The predicted molar refractivity (Wildman–Crippen MR) is 94.0 cm³/mol. The van der Waals surface area contributed by atoms with Crippen LogP contribution in [-0.2, 0) is 6.42 Å². The average Bonchev–Trinajstić information content (AvgIpc) is 2.90. The molecule has 23 heavy (non-hydrogen) atoms. The van der Waals surface area contributed by atoms with Crippen LogP contribution in [0.3, 0.4) is 0 Å². The lowest BCUT2D eigenvalue weighted by Crippen LogP contribution is -2.22. The van der Waals surface area contributed by atoms with Gasteiger partial charge in [-0.15, -0.1) is 0 Å². The van der Waals surface area contributed by atoms with E-state index < -0.39 is 0 Å². The zero-order valence-corrected chi connectivity index (χ0v) is 14.0. The Morgan fingerprint density at radius 2 is 2.09 bits per heavy atom. The van der Waals surface area contributed by atoms with Crippen molar-refractivity contribution in [2.75, 3.05) is 11.9 Å². The number of benzene rings is 1. The van der Waals surface area contributed by atoms with Crippen LogP contribution in [0.15, 0.2) is 35.5 Å². The molecular weight excluding hydrogens is 290 g/mol. The Bertz CT molecular complexity index is 631. The molecule has 4 N–H and O–H groups in total. The van der Waals surface area contributed by atoms with Gasteiger partial charge >= 0.3 is 0 Å². The molecular formula is C17H25N5O. The molecule has 6 nitrogen and oxygen atoms in total. The molecule has 0 radical (unpaired) electrons. The lowest BCUT2D eigenvalue weighted by molar-refractivity contribution is 0.242. The van der Waals surface area contributed by atoms with E-state index in [4.69, 9.17) is 10.5 Å². The van der Waals surface area contributed by atoms with E-state index in [9.17, 15) is 0 Å². The summed E-state index contributed by atoms with van der Waals surface area (Å²) >= 11 is 0. The number of guanidine groups is 1. The molecule has 1 aromatic heterocycles. The first-order valence-corrected chi connectivity index (χ1v) is 7.87. The van der Waals surface area contributed by atoms with Crippen LogP contribution in [0.1, 0.15) is 31.5 Å². The molecule has 0 spiro atoms. The first-order chi connectivity index (χ1) is 11.0. The highest BCUT2D eigenvalue weighted by Crippen LogP contribution is 2.16. The van der Waals surface area contributed by atoms with Gasteiger partial charge in [0.05, 0.1) is 12.3 Å². The van der Waals surface area contributed by atoms with Gasteiger partial charge in [0.15, 0.2) is 5.96 Å². The fourth-order valence-corrected chi connectivity index (χ4v) is 2.17. The number of aromatic amines is 1. The summed E-state index contributed by atoms with van der Waals surface area (Å²) in [6, 6.07) is 7.68. The molecule has 0 aliphatic rings. The van der Waals surface area contributed by atoms with E-state index in [1.165, 1.54) is 5.56 Å². The van der Waals surface area contributed by atoms with Crippen LogP contribution >= 0.6 is 0 Å².